The van der Waals surface area contributed by atoms with E-state index in [4.69, 9.17) is 23.2 Å². The number of carboxylic acids is 1. The zero-order chi connectivity index (χ0) is 19.3. The number of amides is 1. The predicted octanol–water partition coefficient (Wildman–Crippen LogP) is 3.71. The number of hydrogen-bond acceptors (Lipinski definition) is 3. The number of halogens is 3. The quantitative estimate of drug-likeness (QED) is 0.840. The fourth-order valence-electron chi connectivity index (χ4n) is 4.04. The van der Waals surface area contributed by atoms with Crippen molar-refractivity contribution in [2.75, 3.05) is 29.4 Å². The first-order chi connectivity index (χ1) is 12.8. The van der Waals surface area contributed by atoms with Gasteiger partial charge in [0.2, 0.25) is 5.91 Å². The molecule has 2 aromatic carbocycles. The molecule has 0 aliphatic carbocycles. The maximum absolute atomic E-state index is 14.3. The Bertz CT molecular complexity index is 968. The van der Waals surface area contributed by atoms with E-state index in [-0.39, 0.29) is 12.5 Å². The van der Waals surface area contributed by atoms with Crippen molar-refractivity contribution in [2.24, 2.45) is 0 Å². The van der Waals surface area contributed by atoms with Crippen LogP contribution in [0.4, 0.5) is 15.8 Å². The Hall–Kier alpha value is -2.31. The highest BCUT2D eigenvalue weighted by atomic mass is 35.5. The van der Waals surface area contributed by atoms with Crippen molar-refractivity contribution >= 4 is 46.5 Å². The molecule has 0 aromatic heterocycles. The zero-order valence-corrected chi connectivity index (χ0v) is 15.6. The number of nitrogens with zero attached hydrogens (tertiary/aromatic N) is 2. The fourth-order valence-corrected chi connectivity index (χ4v) is 4.38. The Morgan fingerprint density at radius 3 is 2.59 bits per heavy atom. The van der Waals surface area contributed by atoms with E-state index in [9.17, 15) is 19.1 Å². The van der Waals surface area contributed by atoms with Gasteiger partial charge in [-0.2, -0.15) is 0 Å². The van der Waals surface area contributed by atoms with Crippen molar-refractivity contribution in [3.8, 4) is 0 Å². The highest BCUT2D eigenvalue weighted by Gasteiger charge is 2.55. The molecule has 1 amide bonds. The van der Waals surface area contributed by atoms with Crippen molar-refractivity contribution in [2.45, 2.75) is 11.8 Å². The molecule has 1 saturated heterocycles. The van der Waals surface area contributed by atoms with E-state index in [2.05, 4.69) is 0 Å². The monoisotopic (exact) mass is 408 g/mol. The van der Waals surface area contributed by atoms with Gasteiger partial charge in [0, 0.05) is 28.8 Å². The first-order valence-electron chi connectivity index (χ1n) is 8.36. The molecule has 5 nitrogen and oxygen atoms in total. The summed E-state index contributed by atoms with van der Waals surface area (Å²) in [6.07, 6.45) is 0.432. The number of carboxylic acid groups (broad SMARTS) is 1. The molecule has 2 heterocycles. The fraction of sp³-hybridized carbons (Fsp3) is 0.263. The largest absolute Gasteiger partial charge is 0.480 e. The molecule has 4 rings (SSSR count). The van der Waals surface area contributed by atoms with Crippen molar-refractivity contribution in [1.82, 2.24) is 0 Å². The highest BCUT2D eigenvalue weighted by molar-refractivity contribution is 6.31. The van der Waals surface area contributed by atoms with Crippen LogP contribution in [0.5, 0.6) is 0 Å². The van der Waals surface area contributed by atoms with E-state index >= 15 is 0 Å². The number of carbonyl (C=O) groups is 2. The van der Waals surface area contributed by atoms with Crippen LogP contribution in [-0.2, 0) is 15.0 Å². The minimum absolute atomic E-state index is 0.229. The summed E-state index contributed by atoms with van der Waals surface area (Å²) in [6.45, 7) is 0.239. The van der Waals surface area contributed by atoms with E-state index in [1.165, 1.54) is 23.1 Å². The summed E-state index contributed by atoms with van der Waals surface area (Å²) in [5, 5.41) is 10.1. The maximum atomic E-state index is 14.3. The maximum Gasteiger partial charge on any atom is 0.323 e. The van der Waals surface area contributed by atoms with Crippen LogP contribution in [0.3, 0.4) is 0 Å². The number of rotatable bonds is 3. The molecule has 0 unspecified atom stereocenters. The number of fused-ring (bicyclic) bond motifs is 2. The number of anilines is 2. The molecule has 2 aliphatic heterocycles. The lowest BCUT2D eigenvalue weighted by Crippen LogP contribution is -2.44. The predicted molar refractivity (Wildman–Crippen MR) is 101 cm³/mol. The SMILES string of the molecule is O=C(O)CN1C(=O)[C@]2(CCN(c3cc(Cl)ccc3F)C2)c2cc(Cl)ccc21. The molecule has 1 fully saturated rings. The van der Waals surface area contributed by atoms with Crippen LogP contribution in [0, 0.1) is 5.82 Å². The summed E-state index contributed by atoms with van der Waals surface area (Å²) in [5.41, 5.74) is 0.601. The van der Waals surface area contributed by atoms with Crippen LogP contribution in [0.1, 0.15) is 12.0 Å². The summed E-state index contributed by atoms with van der Waals surface area (Å²) >= 11 is 12.2. The second-order valence-corrected chi connectivity index (χ2v) is 7.67. The molecular weight excluding hydrogens is 394 g/mol. The first-order valence-corrected chi connectivity index (χ1v) is 9.11. The third-order valence-electron chi connectivity index (χ3n) is 5.23. The van der Waals surface area contributed by atoms with Gasteiger partial charge >= 0.3 is 5.97 Å². The Balaban J connectivity index is 1.77. The van der Waals surface area contributed by atoms with Gasteiger partial charge in [-0.1, -0.05) is 23.2 Å². The zero-order valence-electron chi connectivity index (χ0n) is 14.1. The highest BCUT2D eigenvalue weighted by Crippen LogP contribution is 2.49. The van der Waals surface area contributed by atoms with Gasteiger partial charge in [0.25, 0.3) is 0 Å². The average Bonchev–Trinajstić information content (AvgIpc) is 3.15. The number of carbonyl (C=O) groups excluding carboxylic acids is 1. The van der Waals surface area contributed by atoms with Crippen molar-refractivity contribution in [3.63, 3.8) is 0 Å². The Morgan fingerprint density at radius 2 is 1.85 bits per heavy atom. The second kappa shape index (κ2) is 6.39. The second-order valence-electron chi connectivity index (χ2n) is 6.80. The third kappa shape index (κ3) is 2.84. The van der Waals surface area contributed by atoms with Gasteiger partial charge in [-0.15, -0.1) is 0 Å². The smallest absolute Gasteiger partial charge is 0.323 e. The molecule has 1 atom stereocenters. The Labute approximate surface area is 164 Å². The number of benzene rings is 2. The van der Waals surface area contributed by atoms with Gasteiger partial charge in [0.05, 0.1) is 11.1 Å². The van der Waals surface area contributed by atoms with Crippen molar-refractivity contribution in [3.05, 3.63) is 57.8 Å². The number of hydrogen-bond donors (Lipinski definition) is 1. The van der Waals surface area contributed by atoms with E-state index in [1.807, 2.05) is 0 Å². The minimum atomic E-state index is -1.10. The lowest BCUT2D eigenvalue weighted by Gasteiger charge is -2.25. The summed E-state index contributed by atoms with van der Waals surface area (Å²) in [5.74, 6) is -1.82. The molecule has 2 aromatic rings. The summed E-state index contributed by atoms with van der Waals surface area (Å²) < 4.78 is 14.3. The van der Waals surface area contributed by atoms with Gasteiger partial charge in [-0.05, 0) is 48.4 Å². The molecule has 1 N–H and O–H groups in total. The third-order valence-corrected chi connectivity index (χ3v) is 5.70. The minimum Gasteiger partial charge on any atom is -0.480 e. The van der Waals surface area contributed by atoms with Gasteiger partial charge in [0.1, 0.15) is 12.4 Å². The van der Waals surface area contributed by atoms with Crippen LogP contribution in [0.2, 0.25) is 10.0 Å². The molecule has 2 aliphatic rings. The Morgan fingerprint density at radius 1 is 1.15 bits per heavy atom. The topological polar surface area (TPSA) is 60.9 Å². The molecule has 0 bridgehead atoms. The van der Waals surface area contributed by atoms with Gasteiger partial charge in [-0.25, -0.2) is 4.39 Å². The Kier molecular flexibility index (Phi) is 4.28. The molecule has 0 saturated carbocycles. The summed E-state index contributed by atoms with van der Waals surface area (Å²) in [7, 11) is 0. The standard InChI is InChI=1S/C19H15Cl2FN2O3/c20-11-2-4-15-13(7-11)19(18(27)24(15)9-17(25)26)5-6-23(10-19)16-8-12(21)1-3-14(16)22/h1-4,7-8H,5-6,9-10H2,(H,25,26)/t19-/m0/s1. The molecule has 1 spiro atoms. The van der Waals surface area contributed by atoms with Gasteiger partial charge < -0.3 is 14.9 Å². The van der Waals surface area contributed by atoms with Gasteiger partial charge in [-0.3, -0.25) is 9.59 Å². The lowest BCUT2D eigenvalue weighted by atomic mass is 9.81. The first kappa shape index (κ1) is 18.1. The molecule has 0 radical (unpaired) electrons. The van der Waals surface area contributed by atoms with Crippen LogP contribution in [-0.4, -0.2) is 36.6 Å². The normalized spacial score (nSPS) is 21.2. The van der Waals surface area contributed by atoms with E-state index < -0.39 is 23.7 Å². The average molecular weight is 409 g/mol. The summed E-state index contributed by atoms with van der Waals surface area (Å²) in [6, 6.07) is 9.29. The molecule has 8 heteroatoms. The molecule has 140 valence electrons. The van der Waals surface area contributed by atoms with Gasteiger partial charge in [0.15, 0.2) is 0 Å². The molecular formula is C19H15Cl2FN2O3. The van der Waals surface area contributed by atoms with Crippen LogP contribution >= 0.6 is 23.2 Å². The van der Waals surface area contributed by atoms with Crippen molar-refractivity contribution < 1.29 is 19.1 Å². The van der Waals surface area contributed by atoms with Crippen LogP contribution < -0.4 is 9.80 Å². The summed E-state index contributed by atoms with van der Waals surface area (Å²) in [4.78, 5) is 27.5. The van der Waals surface area contributed by atoms with E-state index in [0.29, 0.717) is 39.9 Å². The lowest BCUT2D eigenvalue weighted by molar-refractivity contribution is -0.137. The molecule has 27 heavy (non-hydrogen) atoms. The van der Waals surface area contributed by atoms with E-state index in [1.54, 1.807) is 23.1 Å². The van der Waals surface area contributed by atoms with Crippen molar-refractivity contribution in [1.29, 1.82) is 0 Å². The van der Waals surface area contributed by atoms with Crippen LogP contribution in [0.25, 0.3) is 0 Å². The number of aliphatic carboxylic acids is 1. The van der Waals surface area contributed by atoms with E-state index in [0.717, 1.165) is 0 Å². The van der Waals surface area contributed by atoms with Crippen LogP contribution in [0.15, 0.2) is 36.4 Å².